The fourth-order valence-corrected chi connectivity index (χ4v) is 1.26. The zero-order valence-corrected chi connectivity index (χ0v) is 9.04. The van der Waals surface area contributed by atoms with E-state index in [9.17, 15) is 0 Å². The average molecular weight is 242 g/mol. The molecule has 0 saturated heterocycles. The van der Waals surface area contributed by atoms with Gasteiger partial charge >= 0.3 is 0 Å². The monoisotopic (exact) mass is 241 g/mol. The van der Waals surface area contributed by atoms with Crippen molar-refractivity contribution < 1.29 is 4.74 Å². The third-order valence-electron chi connectivity index (χ3n) is 1.54. The van der Waals surface area contributed by atoms with Crippen LogP contribution < -0.4 is 10.5 Å². The normalized spacial score (nSPS) is 10.6. The van der Waals surface area contributed by atoms with Crippen molar-refractivity contribution in [1.82, 2.24) is 0 Å². The number of ether oxygens (including phenoxy) is 1. The quantitative estimate of drug-likeness (QED) is 0.653. The van der Waals surface area contributed by atoms with Gasteiger partial charge in [-0.1, -0.05) is 28.1 Å². The first-order valence-electron chi connectivity index (χ1n) is 4.03. The Labute approximate surface area is 86.5 Å². The van der Waals surface area contributed by atoms with Crippen LogP contribution in [0.2, 0.25) is 0 Å². The van der Waals surface area contributed by atoms with E-state index < -0.39 is 0 Å². The SMILES string of the molecule is C/C=C/COc1ccc(Br)cc1N. The van der Waals surface area contributed by atoms with Crippen LogP contribution in [-0.2, 0) is 0 Å². The number of halogens is 1. The largest absolute Gasteiger partial charge is 0.487 e. The smallest absolute Gasteiger partial charge is 0.142 e. The number of hydrogen-bond donors (Lipinski definition) is 1. The fraction of sp³-hybridized carbons (Fsp3) is 0.200. The summed E-state index contributed by atoms with van der Waals surface area (Å²) in [7, 11) is 0. The lowest BCUT2D eigenvalue weighted by Gasteiger charge is -2.06. The van der Waals surface area contributed by atoms with E-state index in [0.29, 0.717) is 12.3 Å². The van der Waals surface area contributed by atoms with Crippen LogP contribution in [0.3, 0.4) is 0 Å². The lowest BCUT2D eigenvalue weighted by atomic mass is 10.3. The number of benzene rings is 1. The molecule has 13 heavy (non-hydrogen) atoms. The molecule has 0 saturated carbocycles. The topological polar surface area (TPSA) is 35.2 Å². The summed E-state index contributed by atoms with van der Waals surface area (Å²) in [6, 6.07) is 5.58. The summed E-state index contributed by atoms with van der Waals surface area (Å²) in [6.07, 6.45) is 3.87. The van der Waals surface area contributed by atoms with Gasteiger partial charge in [0.05, 0.1) is 5.69 Å². The molecule has 0 aromatic heterocycles. The molecule has 2 nitrogen and oxygen atoms in total. The van der Waals surface area contributed by atoms with E-state index in [1.807, 2.05) is 37.3 Å². The molecule has 0 aliphatic heterocycles. The lowest BCUT2D eigenvalue weighted by Crippen LogP contribution is -1.97. The predicted molar refractivity (Wildman–Crippen MR) is 58.9 cm³/mol. The lowest BCUT2D eigenvalue weighted by molar-refractivity contribution is 0.364. The number of rotatable bonds is 3. The zero-order chi connectivity index (χ0) is 9.68. The molecule has 2 N–H and O–H groups in total. The summed E-state index contributed by atoms with van der Waals surface area (Å²) >= 11 is 3.33. The van der Waals surface area contributed by atoms with Gasteiger partial charge in [-0.05, 0) is 25.1 Å². The van der Waals surface area contributed by atoms with Crippen molar-refractivity contribution in [2.24, 2.45) is 0 Å². The minimum Gasteiger partial charge on any atom is -0.487 e. The van der Waals surface area contributed by atoms with Crippen LogP contribution in [-0.4, -0.2) is 6.61 Å². The van der Waals surface area contributed by atoms with Crippen molar-refractivity contribution in [2.75, 3.05) is 12.3 Å². The van der Waals surface area contributed by atoms with E-state index >= 15 is 0 Å². The Hall–Kier alpha value is -0.960. The molecule has 0 radical (unpaired) electrons. The second-order valence-electron chi connectivity index (χ2n) is 2.56. The predicted octanol–water partition coefficient (Wildman–Crippen LogP) is 2.99. The molecule has 0 fully saturated rings. The third-order valence-corrected chi connectivity index (χ3v) is 2.04. The van der Waals surface area contributed by atoms with Gasteiger partial charge in [-0.2, -0.15) is 0 Å². The number of allylic oxidation sites excluding steroid dienone is 1. The molecule has 0 unspecified atom stereocenters. The zero-order valence-electron chi connectivity index (χ0n) is 7.46. The highest BCUT2D eigenvalue weighted by molar-refractivity contribution is 9.10. The molecule has 0 aliphatic rings. The van der Waals surface area contributed by atoms with E-state index in [1.54, 1.807) is 0 Å². The van der Waals surface area contributed by atoms with Gasteiger partial charge in [-0.25, -0.2) is 0 Å². The van der Waals surface area contributed by atoms with Crippen LogP contribution in [0.4, 0.5) is 5.69 Å². The van der Waals surface area contributed by atoms with E-state index in [0.717, 1.165) is 10.2 Å². The maximum Gasteiger partial charge on any atom is 0.142 e. The standard InChI is InChI=1S/C10H12BrNO/c1-2-3-6-13-10-5-4-8(11)7-9(10)12/h2-5,7H,6,12H2,1H3/b3-2+. The van der Waals surface area contributed by atoms with Crippen LogP contribution >= 0.6 is 15.9 Å². The molecule has 0 aliphatic carbocycles. The Balaban J connectivity index is 2.66. The van der Waals surface area contributed by atoms with E-state index in [2.05, 4.69) is 15.9 Å². The van der Waals surface area contributed by atoms with Gasteiger partial charge in [-0.15, -0.1) is 0 Å². The molecule has 0 heterocycles. The molecule has 70 valence electrons. The Kier molecular flexibility index (Phi) is 3.83. The Morgan fingerprint density at radius 1 is 1.54 bits per heavy atom. The van der Waals surface area contributed by atoms with Gasteiger partial charge in [0.2, 0.25) is 0 Å². The first-order chi connectivity index (χ1) is 6.24. The van der Waals surface area contributed by atoms with Crippen molar-refractivity contribution in [3.63, 3.8) is 0 Å². The maximum absolute atomic E-state index is 5.72. The second kappa shape index (κ2) is 4.92. The third kappa shape index (κ3) is 3.11. The van der Waals surface area contributed by atoms with Gasteiger partial charge in [0.1, 0.15) is 12.4 Å². The highest BCUT2D eigenvalue weighted by Crippen LogP contribution is 2.24. The van der Waals surface area contributed by atoms with E-state index in [1.165, 1.54) is 0 Å². The molecule has 0 amide bonds. The van der Waals surface area contributed by atoms with Crippen molar-refractivity contribution in [3.05, 3.63) is 34.8 Å². The summed E-state index contributed by atoms with van der Waals surface area (Å²) in [5.74, 6) is 0.723. The Bertz CT molecular complexity index is 310. The molecule has 1 aromatic rings. The van der Waals surface area contributed by atoms with Crippen LogP contribution in [0.1, 0.15) is 6.92 Å². The highest BCUT2D eigenvalue weighted by Gasteiger charge is 1.98. The summed E-state index contributed by atoms with van der Waals surface area (Å²) in [5, 5.41) is 0. The molecule has 3 heteroatoms. The summed E-state index contributed by atoms with van der Waals surface area (Å²) < 4.78 is 6.36. The minimum atomic E-state index is 0.558. The molecule has 0 bridgehead atoms. The van der Waals surface area contributed by atoms with Gasteiger partial charge in [-0.3, -0.25) is 0 Å². The molecule has 0 spiro atoms. The highest BCUT2D eigenvalue weighted by atomic mass is 79.9. The van der Waals surface area contributed by atoms with Gasteiger partial charge < -0.3 is 10.5 Å². The van der Waals surface area contributed by atoms with Gasteiger partial charge in [0.25, 0.3) is 0 Å². The Morgan fingerprint density at radius 3 is 2.92 bits per heavy atom. The average Bonchev–Trinajstić information content (AvgIpc) is 2.09. The number of nitrogens with two attached hydrogens (primary N) is 1. The summed E-state index contributed by atoms with van der Waals surface area (Å²) in [5.41, 5.74) is 6.38. The number of nitrogen functional groups attached to an aromatic ring is 1. The van der Waals surface area contributed by atoms with E-state index in [-0.39, 0.29) is 0 Å². The van der Waals surface area contributed by atoms with Crippen LogP contribution in [0, 0.1) is 0 Å². The molecule has 0 atom stereocenters. The summed E-state index contributed by atoms with van der Waals surface area (Å²) in [6.45, 7) is 2.51. The molecule has 1 aromatic carbocycles. The van der Waals surface area contributed by atoms with Gasteiger partial charge in [0.15, 0.2) is 0 Å². The second-order valence-corrected chi connectivity index (χ2v) is 3.48. The maximum atomic E-state index is 5.72. The van der Waals surface area contributed by atoms with Crippen molar-refractivity contribution >= 4 is 21.6 Å². The first-order valence-corrected chi connectivity index (χ1v) is 4.82. The first kappa shape index (κ1) is 10.1. The number of hydrogen-bond acceptors (Lipinski definition) is 2. The number of anilines is 1. The summed E-state index contributed by atoms with van der Waals surface area (Å²) in [4.78, 5) is 0. The molecular formula is C10H12BrNO. The minimum absolute atomic E-state index is 0.558. The van der Waals surface area contributed by atoms with E-state index in [4.69, 9.17) is 10.5 Å². The van der Waals surface area contributed by atoms with Crippen molar-refractivity contribution in [2.45, 2.75) is 6.92 Å². The Morgan fingerprint density at radius 2 is 2.31 bits per heavy atom. The molecule has 1 rings (SSSR count). The fourth-order valence-electron chi connectivity index (χ4n) is 0.885. The van der Waals surface area contributed by atoms with Crippen molar-refractivity contribution in [1.29, 1.82) is 0 Å². The van der Waals surface area contributed by atoms with Crippen LogP contribution in [0.25, 0.3) is 0 Å². The molecular weight excluding hydrogens is 230 g/mol. The van der Waals surface area contributed by atoms with Crippen molar-refractivity contribution in [3.8, 4) is 5.75 Å². The van der Waals surface area contributed by atoms with Crippen LogP contribution in [0.5, 0.6) is 5.75 Å². The van der Waals surface area contributed by atoms with Gasteiger partial charge in [0, 0.05) is 4.47 Å². The van der Waals surface area contributed by atoms with Crippen LogP contribution in [0.15, 0.2) is 34.8 Å².